The summed E-state index contributed by atoms with van der Waals surface area (Å²) in [5, 5.41) is 0. The van der Waals surface area contributed by atoms with Crippen LogP contribution in [0, 0.1) is 0 Å². The highest BCUT2D eigenvalue weighted by molar-refractivity contribution is 7.44. The molecule has 0 bridgehead atoms. The highest BCUT2D eigenvalue weighted by Crippen LogP contribution is 2.24. The van der Waals surface area contributed by atoms with Gasteiger partial charge in [0.1, 0.15) is 16.5 Å². The smallest absolute Gasteiger partial charge is 0.248 e. The first kappa shape index (κ1) is 20.2. The number of unbranched alkanes of at least 4 members (excludes halogenated alkanes) is 3. The van der Waals surface area contributed by atoms with Crippen LogP contribution in [0.3, 0.4) is 0 Å². The molecular formula is C13H33Cl2NSi3. The molecule has 0 N–H and O–H groups in total. The summed E-state index contributed by atoms with van der Waals surface area (Å²) >= 11 is 12.2. The average Bonchev–Trinajstić information content (AvgIpc) is 2.10. The van der Waals surface area contributed by atoms with Crippen LogP contribution >= 0.6 is 22.2 Å². The van der Waals surface area contributed by atoms with E-state index in [9.17, 15) is 0 Å². The second-order valence-corrected chi connectivity index (χ2v) is 26.2. The van der Waals surface area contributed by atoms with Gasteiger partial charge in [-0.05, 0) is 25.6 Å². The molecule has 0 radical (unpaired) electrons. The summed E-state index contributed by atoms with van der Waals surface area (Å²) in [6.07, 6.45) is 5.14. The normalized spacial score (nSPS) is 14.2. The Balaban J connectivity index is 3.97. The van der Waals surface area contributed by atoms with Gasteiger partial charge in [-0.25, -0.2) is 0 Å². The van der Waals surface area contributed by atoms with E-state index in [-0.39, 0.29) is 0 Å². The van der Waals surface area contributed by atoms with Crippen molar-refractivity contribution in [3.8, 4) is 0 Å². The fourth-order valence-corrected chi connectivity index (χ4v) is 14.1. The Morgan fingerprint density at radius 1 is 0.684 bits per heavy atom. The number of rotatable bonds is 9. The molecule has 0 unspecified atom stereocenters. The van der Waals surface area contributed by atoms with E-state index < -0.39 is 23.2 Å². The molecule has 116 valence electrons. The van der Waals surface area contributed by atoms with Crippen molar-refractivity contribution in [2.45, 2.75) is 77.6 Å². The number of halogens is 2. The SMILES string of the molecule is C[Si](Cl)(Cl)CCCCCCN([Si](C)(C)C)[Si](C)(C)C. The Bertz CT molecular complexity index is 240. The lowest BCUT2D eigenvalue weighted by atomic mass is 10.2. The minimum atomic E-state index is -1.85. The van der Waals surface area contributed by atoms with Crippen molar-refractivity contribution in [1.29, 1.82) is 0 Å². The van der Waals surface area contributed by atoms with E-state index in [0.29, 0.717) is 0 Å². The highest BCUT2D eigenvalue weighted by atomic mass is 35.7. The van der Waals surface area contributed by atoms with Crippen LogP contribution in [0.25, 0.3) is 0 Å². The maximum atomic E-state index is 6.12. The quantitative estimate of drug-likeness (QED) is 0.275. The summed E-state index contributed by atoms with van der Waals surface area (Å²) in [5.74, 6) is 0. The zero-order chi connectivity index (χ0) is 15.3. The van der Waals surface area contributed by atoms with E-state index in [4.69, 9.17) is 22.2 Å². The van der Waals surface area contributed by atoms with Gasteiger partial charge >= 0.3 is 0 Å². The van der Waals surface area contributed by atoms with E-state index in [1.54, 1.807) is 0 Å². The van der Waals surface area contributed by atoms with Crippen LogP contribution in [0.15, 0.2) is 0 Å². The monoisotopic (exact) mass is 357 g/mol. The molecule has 0 saturated carbocycles. The van der Waals surface area contributed by atoms with Crippen molar-refractivity contribution in [3.05, 3.63) is 0 Å². The highest BCUT2D eigenvalue weighted by Gasteiger charge is 2.33. The van der Waals surface area contributed by atoms with Gasteiger partial charge in [0.05, 0.1) is 0 Å². The summed E-state index contributed by atoms with van der Waals surface area (Å²) in [6.45, 7) is 16.3. The minimum absolute atomic E-state index is 1.04. The summed E-state index contributed by atoms with van der Waals surface area (Å²) < 4.78 is 2.88. The van der Waals surface area contributed by atoms with Gasteiger partial charge in [-0.15, -0.1) is 22.2 Å². The van der Waals surface area contributed by atoms with Crippen LogP contribution < -0.4 is 0 Å². The van der Waals surface area contributed by atoms with E-state index in [2.05, 4.69) is 43.5 Å². The average molecular weight is 359 g/mol. The van der Waals surface area contributed by atoms with Crippen molar-refractivity contribution in [1.82, 2.24) is 4.23 Å². The fourth-order valence-electron chi connectivity index (χ4n) is 2.74. The summed E-state index contributed by atoms with van der Waals surface area (Å²) in [5.41, 5.74) is 0. The van der Waals surface area contributed by atoms with Crippen LogP contribution in [0.5, 0.6) is 0 Å². The molecule has 19 heavy (non-hydrogen) atoms. The molecule has 1 nitrogen and oxygen atoms in total. The molecule has 0 amide bonds. The lowest BCUT2D eigenvalue weighted by molar-refractivity contribution is 0.546. The zero-order valence-electron chi connectivity index (χ0n) is 13.9. The third-order valence-corrected chi connectivity index (χ3v) is 13.4. The molecule has 0 aliphatic rings. The summed E-state index contributed by atoms with van der Waals surface area (Å²) in [6, 6.07) is 1.04. The number of nitrogens with zero attached hydrogens (tertiary/aromatic N) is 1. The third-order valence-electron chi connectivity index (χ3n) is 3.37. The fraction of sp³-hybridized carbons (Fsp3) is 1.00. The van der Waals surface area contributed by atoms with E-state index in [1.165, 1.54) is 32.2 Å². The molecule has 0 atom stereocenters. The number of hydrogen-bond donors (Lipinski definition) is 0. The Morgan fingerprint density at radius 2 is 1.11 bits per heavy atom. The van der Waals surface area contributed by atoms with Gasteiger partial charge in [0.25, 0.3) is 0 Å². The van der Waals surface area contributed by atoms with E-state index >= 15 is 0 Å². The lowest BCUT2D eigenvalue weighted by Crippen LogP contribution is -2.59. The van der Waals surface area contributed by atoms with Crippen LogP contribution in [-0.2, 0) is 0 Å². The minimum Gasteiger partial charge on any atom is -0.346 e. The molecule has 0 fully saturated rings. The van der Waals surface area contributed by atoms with Gasteiger partial charge in [-0.2, -0.15) is 0 Å². The Morgan fingerprint density at radius 3 is 1.47 bits per heavy atom. The standard InChI is InChI=1S/C13H33Cl2NSi3/c1-17(2,3)16(18(4,5)6)12-10-8-9-11-13-19(7,14)15/h8-13H2,1-7H3. The third kappa shape index (κ3) is 10.5. The summed E-state index contributed by atoms with van der Waals surface area (Å²) in [7, 11) is -2.32. The molecule has 6 heteroatoms. The topological polar surface area (TPSA) is 3.24 Å². The van der Waals surface area contributed by atoms with Gasteiger partial charge in [0.15, 0.2) is 0 Å². The van der Waals surface area contributed by atoms with Gasteiger partial charge in [0, 0.05) is 0 Å². The molecule has 0 saturated heterocycles. The maximum Gasteiger partial charge on any atom is 0.248 e. The molecule has 0 aliphatic carbocycles. The molecule has 0 aromatic carbocycles. The Labute approximate surface area is 133 Å². The Kier molecular flexibility index (Phi) is 8.49. The van der Waals surface area contributed by atoms with Crippen LogP contribution in [0.1, 0.15) is 25.7 Å². The first-order valence-electron chi connectivity index (χ1n) is 7.49. The van der Waals surface area contributed by atoms with Crippen LogP contribution in [0.4, 0.5) is 0 Å². The molecule has 0 aliphatic heterocycles. The van der Waals surface area contributed by atoms with E-state index in [0.717, 1.165) is 6.04 Å². The van der Waals surface area contributed by atoms with Crippen molar-refractivity contribution in [2.24, 2.45) is 0 Å². The van der Waals surface area contributed by atoms with Crippen molar-refractivity contribution < 1.29 is 0 Å². The maximum absolute atomic E-state index is 6.12. The molecule has 0 rings (SSSR count). The molecule has 0 aromatic rings. The predicted molar refractivity (Wildman–Crippen MR) is 100.0 cm³/mol. The molecule has 0 aromatic heterocycles. The first-order chi connectivity index (χ1) is 8.34. The zero-order valence-corrected chi connectivity index (χ0v) is 18.5. The van der Waals surface area contributed by atoms with Crippen LogP contribution in [-0.4, -0.2) is 33.9 Å². The van der Waals surface area contributed by atoms with Crippen molar-refractivity contribution >= 4 is 45.3 Å². The van der Waals surface area contributed by atoms with Gasteiger partial charge < -0.3 is 4.23 Å². The van der Waals surface area contributed by atoms with Crippen molar-refractivity contribution in [3.63, 3.8) is 0 Å². The first-order valence-corrected chi connectivity index (χ1v) is 19.1. The number of hydrogen-bond acceptors (Lipinski definition) is 1. The second kappa shape index (κ2) is 7.99. The summed E-state index contributed by atoms with van der Waals surface area (Å²) in [4.78, 5) is 0. The van der Waals surface area contributed by atoms with Crippen LogP contribution in [0.2, 0.25) is 51.9 Å². The van der Waals surface area contributed by atoms with E-state index in [1.807, 2.05) is 6.55 Å². The second-order valence-electron chi connectivity index (χ2n) is 7.73. The largest absolute Gasteiger partial charge is 0.346 e. The van der Waals surface area contributed by atoms with Gasteiger partial charge in [-0.1, -0.05) is 58.5 Å². The Hall–Kier alpha value is 1.19. The van der Waals surface area contributed by atoms with Crippen molar-refractivity contribution in [2.75, 3.05) is 6.54 Å². The molecule has 0 heterocycles. The molecule has 0 spiro atoms. The molecular weight excluding hydrogens is 325 g/mol. The van der Waals surface area contributed by atoms with Gasteiger partial charge in [0.2, 0.25) is 6.69 Å². The predicted octanol–water partition coefficient (Wildman–Crippen LogP) is 6.07. The lowest BCUT2D eigenvalue weighted by Gasteiger charge is -2.43. The van der Waals surface area contributed by atoms with Gasteiger partial charge in [-0.3, -0.25) is 0 Å².